The molecule has 1 saturated heterocycles. The quantitative estimate of drug-likeness (QED) is 0.187. The van der Waals surface area contributed by atoms with Crippen LogP contribution < -0.4 is 0 Å². The maximum absolute atomic E-state index is 12.6. The van der Waals surface area contributed by atoms with Crippen LogP contribution in [0.1, 0.15) is 18.9 Å². The zero-order valence-corrected chi connectivity index (χ0v) is 16.0. The van der Waals surface area contributed by atoms with Crippen molar-refractivity contribution < 1.29 is 28.9 Å². The van der Waals surface area contributed by atoms with Gasteiger partial charge in [-0.25, -0.2) is 4.79 Å². The van der Waals surface area contributed by atoms with Crippen LogP contribution >= 0.6 is 0 Å². The predicted octanol–water partition coefficient (Wildman–Crippen LogP) is 1.15. The molecule has 1 aromatic carbocycles. The molecule has 1 aromatic rings. The molecule has 2 aliphatic rings. The van der Waals surface area contributed by atoms with Crippen LogP contribution in [0.3, 0.4) is 0 Å². The Morgan fingerprint density at radius 1 is 1.39 bits per heavy atom. The molecule has 10 heteroatoms. The van der Waals surface area contributed by atoms with Gasteiger partial charge in [-0.05, 0) is 41.4 Å². The topological polar surface area (TPSA) is 133 Å². The van der Waals surface area contributed by atoms with Crippen molar-refractivity contribution in [1.82, 2.24) is 4.90 Å². The average Bonchev–Trinajstić information content (AvgIpc) is 3.01. The summed E-state index contributed by atoms with van der Waals surface area (Å²) in [5.41, 5.74) is 1.40. The first-order valence-corrected chi connectivity index (χ1v) is 9.93. The van der Waals surface area contributed by atoms with Gasteiger partial charge in [-0.15, -0.1) is 0 Å². The van der Waals surface area contributed by atoms with E-state index in [-0.39, 0.29) is 31.0 Å². The van der Waals surface area contributed by atoms with E-state index in [0.717, 1.165) is 0 Å². The maximum atomic E-state index is 12.6. The maximum Gasteiger partial charge on any atom is 0.360 e. The Bertz CT molecular complexity index is 905. The third-order valence-corrected chi connectivity index (χ3v) is 5.79. The summed E-state index contributed by atoms with van der Waals surface area (Å²) in [6.07, 6.45) is 1.68. The summed E-state index contributed by atoms with van der Waals surface area (Å²) in [4.78, 5) is 36.8. The van der Waals surface area contributed by atoms with Gasteiger partial charge < -0.3 is 14.4 Å². The fourth-order valence-electron chi connectivity index (χ4n) is 3.28. The highest BCUT2D eigenvalue weighted by Gasteiger charge is 2.55. The molecule has 9 nitrogen and oxygen atoms in total. The highest BCUT2D eigenvalue weighted by molar-refractivity contribution is 7.94. The van der Waals surface area contributed by atoms with E-state index in [1.165, 1.54) is 35.4 Å². The van der Waals surface area contributed by atoms with Gasteiger partial charge in [0.2, 0.25) is 0 Å². The first-order valence-electron chi connectivity index (χ1n) is 8.37. The van der Waals surface area contributed by atoms with Crippen LogP contribution in [0, 0.1) is 10.1 Å². The van der Waals surface area contributed by atoms with Gasteiger partial charge >= 0.3 is 5.97 Å². The van der Waals surface area contributed by atoms with Crippen LogP contribution in [0.25, 0.3) is 0 Å². The van der Waals surface area contributed by atoms with E-state index in [4.69, 9.17) is 4.74 Å². The molecule has 1 amide bonds. The number of rotatable bonds is 6. The van der Waals surface area contributed by atoms with Crippen molar-refractivity contribution in [1.29, 1.82) is 0 Å². The van der Waals surface area contributed by atoms with E-state index in [0.29, 0.717) is 21.6 Å². The summed E-state index contributed by atoms with van der Waals surface area (Å²) in [7, 11) is 0. The number of nitro groups is 1. The minimum Gasteiger partial charge on any atom is -0.612 e. The Hall–Kier alpha value is -2.69. The third kappa shape index (κ3) is 3.41. The summed E-state index contributed by atoms with van der Waals surface area (Å²) in [5.74, 6) is -1.18. The van der Waals surface area contributed by atoms with Crippen molar-refractivity contribution in [2.45, 2.75) is 26.0 Å². The fraction of sp³-hybridized carbons (Fsp3) is 0.333. The molecule has 2 aliphatic heterocycles. The van der Waals surface area contributed by atoms with Gasteiger partial charge in [0.15, 0.2) is 10.6 Å². The number of aliphatic hydroxyl groups excluding tert-OH is 1. The lowest BCUT2D eigenvalue weighted by atomic mass is 9.90. The molecule has 0 bridgehead atoms. The molecule has 0 saturated carbocycles. The lowest BCUT2D eigenvalue weighted by molar-refractivity contribution is -0.384. The largest absolute Gasteiger partial charge is 0.612 e. The number of fused-ring (bicyclic) bond motifs is 1. The van der Waals surface area contributed by atoms with Gasteiger partial charge in [0.05, 0.1) is 17.6 Å². The number of carbonyl (C=O) groups excluding carboxylic acids is 2. The fourth-order valence-corrected chi connectivity index (χ4v) is 4.13. The first kappa shape index (κ1) is 20.1. The Morgan fingerprint density at radius 2 is 2.04 bits per heavy atom. The van der Waals surface area contributed by atoms with E-state index in [9.17, 15) is 29.4 Å². The molecule has 2 atom stereocenters. The van der Waals surface area contributed by atoms with Crippen molar-refractivity contribution in [2.75, 3.05) is 12.9 Å². The van der Waals surface area contributed by atoms with Crippen molar-refractivity contribution in [3.05, 3.63) is 61.7 Å². The van der Waals surface area contributed by atoms with Crippen molar-refractivity contribution in [2.24, 2.45) is 0 Å². The van der Waals surface area contributed by atoms with Gasteiger partial charge in [0.1, 0.15) is 12.9 Å². The lowest BCUT2D eigenvalue weighted by Gasteiger charge is -2.38. The van der Waals surface area contributed by atoms with Crippen LogP contribution in [0.4, 0.5) is 5.69 Å². The molecule has 0 aliphatic carbocycles. The number of β-lactam (4-membered cyclic amide) rings is 1. The molecule has 0 spiro atoms. The smallest absolute Gasteiger partial charge is 0.360 e. The van der Waals surface area contributed by atoms with E-state index < -0.39 is 34.0 Å². The second-order valence-electron chi connectivity index (χ2n) is 6.47. The number of benzene rings is 1. The molecule has 0 radical (unpaired) electrons. The zero-order chi connectivity index (χ0) is 20.6. The van der Waals surface area contributed by atoms with Crippen LogP contribution in [-0.2, 0) is 32.1 Å². The number of hydrogen-bond acceptors (Lipinski definition) is 7. The number of aliphatic hydroxyl groups is 1. The average molecular weight is 406 g/mol. The van der Waals surface area contributed by atoms with Gasteiger partial charge in [0.25, 0.3) is 11.6 Å². The van der Waals surface area contributed by atoms with Crippen LogP contribution in [0.5, 0.6) is 0 Å². The number of nitrogens with zero attached hydrogens (tertiary/aromatic N) is 2. The number of carbonyl (C=O) groups is 2. The zero-order valence-electron chi connectivity index (χ0n) is 15.2. The normalized spacial score (nSPS) is 21.2. The monoisotopic (exact) mass is 406 g/mol. The minimum absolute atomic E-state index is 0.0211. The highest BCUT2D eigenvalue weighted by atomic mass is 32.2. The van der Waals surface area contributed by atoms with E-state index >= 15 is 0 Å². The lowest BCUT2D eigenvalue weighted by Crippen LogP contribution is -2.53. The van der Waals surface area contributed by atoms with Gasteiger partial charge in [0, 0.05) is 24.1 Å². The first-order chi connectivity index (χ1) is 13.3. The molecule has 1 N–H and O–H groups in total. The van der Waals surface area contributed by atoms with Gasteiger partial charge in [-0.2, -0.15) is 0 Å². The molecule has 2 unspecified atom stereocenters. The van der Waals surface area contributed by atoms with Crippen molar-refractivity contribution in [3.8, 4) is 0 Å². The Balaban J connectivity index is 1.77. The number of ether oxygens (including phenoxy) is 1. The van der Waals surface area contributed by atoms with Crippen LogP contribution in [0.2, 0.25) is 0 Å². The second kappa shape index (κ2) is 7.74. The molecule has 148 valence electrons. The van der Waals surface area contributed by atoms with E-state index in [1.54, 1.807) is 6.92 Å². The predicted molar refractivity (Wildman–Crippen MR) is 99.0 cm³/mol. The van der Waals surface area contributed by atoms with E-state index in [2.05, 4.69) is 0 Å². The Labute approximate surface area is 163 Å². The molecular weight excluding hydrogens is 388 g/mol. The molecule has 2 heterocycles. The second-order valence-corrected chi connectivity index (χ2v) is 7.87. The summed E-state index contributed by atoms with van der Waals surface area (Å²) < 4.78 is 17.3. The highest BCUT2D eigenvalue weighted by Crippen LogP contribution is 2.44. The Morgan fingerprint density at radius 3 is 2.57 bits per heavy atom. The summed E-state index contributed by atoms with van der Waals surface area (Å²) in [5, 5.41) is 20.0. The molecule has 3 rings (SSSR count). The van der Waals surface area contributed by atoms with Crippen LogP contribution in [0.15, 0.2) is 46.0 Å². The number of esters is 1. The van der Waals surface area contributed by atoms with Gasteiger partial charge in [-0.1, -0.05) is 0 Å². The summed E-state index contributed by atoms with van der Waals surface area (Å²) >= 11 is -1.47. The summed E-state index contributed by atoms with van der Waals surface area (Å²) in [6.45, 7) is 1.23. The van der Waals surface area contributed by atoms with E-state index in [1.807, 2.05) is 0 Å². The van der Waals surface area contributed by atoms with Crippen molar-refractivity contribution >= 4 is 28.7 Å². The molecule has 28 heavy (non-hydrogen) atoms. The van der Waals surface area contributed by atoms with Crippen molar-refractivity contribution in [3.63, 3.8) is 0 Å². The molecule has 1 fully saturated rings. The standard InChI is InChI=1S/C18H18N2O7S/c1-10(8-21)15-13-7-14(28(2)26)16(19(13)17(15)22)18(23)27-9-11-3-5-12(6-4-11)20(24)25/h3-6,13,21H,7-9H2,1-2H3. The minimum atomic E-state index is -1.47. The number of non-ortho nitro benzene ring substituents is 1. The molecule has 0 aromatic heterocycles. The Kier molecular flexibility index (Phi) is 5.54. The number of nitro benzene ring substituents is 1. The molecular formula is C18H18N2O7S. The summed E-state index contributed by atoms with van der Waals surface area (Å²) in [6, 6.07) is 5.12. The SMILES string of the molecule is CC(CO)=C1C(=O)N2C(C(=O)OCc3ccc([N+](=O)[O-])cc3)=C([S+](C)[O-])CC12. The van der Waals surface area contributed by atoms with Gasteiger partial charge in [-0.3, -0.25) is 19.8 Å². The van der Waals surface area contributed by atoms with Crippen LogP contribution in [-0.4, -0.2) is 50.3 Å². The number of hydrogen-bond donors (Lipinski definition) is 1. The third-order valence-electron chi connectivity index (χ3n) is 4.73. The number of amides is 1.